The number of aryl methyl sites for hydroxylation is 1. The van der Waals surface area contributed by atoms with E-state index < -0.39 is 0 Å². The van der Waals surface area contributed by atoms with Gasteiger partial charge >= 0.3 is 5.69 Å². The minimum Gasteiger partial charge on any atom is -0.337 e. The molecule has 154 valence electrons. The van der Waals surface area contributed by atoms with E-state index in [0.717, 1.165) is 22.3 Å². The molecule has 1 atom stereocenters. The summed E-state index contributed by atoms with van der Waals surface area (Å²) in [4.78, 5) is 31.4. The van der Waals surface area contributed by atoms with Crippen LogP contribution in [0.2, 0.25) is 0 Å². The normalized spacial score (nSPS) is 12.2. The Kier molecular flexibility index (Phi) is 5.22. The molecule has 0 saturated heterocycles. The number of fused-ring (bicyclic) bond motifs is 1. The van der Waals surface area contributed by atoms with Gasteiger partial charge < -0.3 is 4.90 Å². The summed E-state index contributed by atoms with van der Waals surface area (Å²) >= 11 is 0. The van der Waals surface area contributed by atoms with Gasteiger partial charge in [0.05, 0.1) is 22.8 Å². The second-order valence-electron chi connectivity index (χ2n) is 7.21. The van der Waals surface area contributed by atoms with Crippen LogP contribution in [-0.2, 0) is 17.9 Å². The van der Waals surface area contributed by atoms with Crippen LogP contribution in [0.4, 0.5) is 0 Å². The van der Waals surface area contributed by atoms with Crippen LogP contribution in [0.5, 0.6) is 0 Å². The smallest absolute Gasteiger partial charge is 0.329 e. The largest absolute Gasteiger partial charge is 0.337 e. The molecule has 0 N–H and O–H groups in total. The molecule has 0 aliphatic heterocycles. The van der Waals surface area contributed by atoms with Crippen molar-refractivity contribution in [2.75, 3.05) is 7.05 Å². The molecule has 2 aromatic heterocycles. The lowest BCUT2D eigenvalue weighted by molar-refractivity contribution is -0.132. The number of carbonyl (C=O) groups is 1. The molecular formula is C22H24N6O2. The molecule has 4 rings (SSSR count). The van der Waals surface area contributed by atoms with Crippen molar-refractivity contribution in [1.82, 2.24) is 28.8 Å². The molecule has 0 saturated carbocycles. The SMILES string of the molecule is CCn1c(=O)n(CC(=O)N(C)C(C)c2ccc(-n3cncn3)cc2)c2ccccc21. The second kappa shape index (κ2) is 7.98. The number of aromatic nitrogens is 5. The molecule has 0 aliphatic carbocycles. The highest BCUT2D eigenvalue weighted by molar-refractivity contribution is 5.81. The van der Waals surface area contributed by atoms with Gasteiger partial charge in [-0.1, -0.05) is 24.3 Å². The number of hydrogen-bond acceptors (Lipinski definition) is 4. The number of rotatable bonds is 6. The van der Waals surface area contributed by atoms with E-state index in [-0.39, 0.29) is 24.2 Å². The van der Waals surface area contributed by atoms with Crippen molar-refractivity contribution in [1.29, 1.82) is 0 Å². The van der Waals surface area contributed by atoms with E-state index in [0.29, 0.717) is 6.54 Å². The van der Waals surface area contributed by atoms with Crippen LogP contribution in [0.15, 0.2) is 66.0 Å². The molecular weight excluding hydrogens is 380 g/mol. The Balaban J connectivity index is 1.55. The molecule has 0 spiro atoms. The molecule has 8 heteroatoms. The van der Waals surface area contributed by atoms with Crippen LogP contribution < -0.4 is 5.69 Å². The predicted octanol–water partition coefficient (Wildman–Crippen LogP) is 2.62. The lowest BCUT2D eigenvalue weighted by Crippen LogP contribution is -2.35. The number of imidazole rings is 1. The standard InChI is InChI=1S/C22H24N6O2/c1-4-26-19-7-5-6-8-20(19)27(22(26)30)13-21(29)25(3)16(2)17-9-11-18(12-10-17)28-15-23-14-24-28/h5-12,14-16H,4,13H2,1-3H3. The summed E-state index contributed by atoms with van der Waals surface area (Å²) in [6.07, 6.45) is 3.12. The van der Waals surface area contributed by atoms with Gasteiger partial charge in [0.15, 0.2) is 0 Å². The Labute approximate surface area is 174 Å². The Bertz CT molecular complexity index is 1220. The summed E-state index contributed by atoms with van der Waals surface area (Å²) in [5, 5.41) is 4.12. The number of hydrogen-bond donors (Lipinski definition) is 0. The van der Waals surface area contributed by atoms with Crippen LogP contribution in [0.3, 0.4) is 0 Å². The lowest BCUT2D eigenvalue weighted by Gasteiger charge is -2.25. The van der Waals surface area contributed by atoms with Gasteiger partial charge in [-0.25, -0.2) is 14.5 Å². The van der Waals surface area contributed by atoms with Crippen LogP contribution in [0.25, 0.3) is 16.7 Å². The van der Waals surface area contributed by atoms with E-state index in [1.165, 1.54) is 6.33 Å². The minimum atomic E-state index is -0.162. The predicted molar refractivity (Wildman–Crippen MR) is 114 cm³/mol. The quantitative estimate of drug-likeness (QED) is 0.495. The van der Waals surface area contributed by atoms with Crippen LogP contribution in [0, 0.1) is 0 Å². The fourth-order valence-corrected chi connectivity index (χ4v) is 3.66. The average Bonchev–Trinajstić information content (AvgIpc) is 3.40. The van der Waals surface area contributed by atoms with Gasteiger partial charge in [0, 0.05) is 13.6 Å². The first-order chi connectivity index (χ1) is 14.5. The fourth-order valence-electron chi connectivity index (χ4n) is 3.66. The molecule has 1 unspecified atom stereocenters. The number of amides is 1. The van der Waals surface area contributed by atoms with Crippen LogP contribution in [0.1, 0.15) is 25.5 Å². The number of benzene rings is 2. The number of carbonyl (C=O) groups excluding carboxylic acids is 1. The third-order valence-electron chi connectivity index (χ3n) is 5.57. The number of nitrogens with zero attached hydrogens (tertiary/aromatic N) is 6. The highest BCUT2D eigenvalue weighted by Gasteiger charge is 2.21. The molecule has 0 bridgehead atoms. The van der Waals surface area contributed by atoms with Crippen molar-refractivity contribution in [2.24, 2.45) is 0 Å². The molecule has 1 amide bonds. The molecule has 0 fully saturated rings. The molecule has 4 aromatic rings. The Morgan fingerprint density at radius 3 is 2.33 bits per heavy atom. The van der Waals surface area contributed by atoms with E-state index in [1.54, 1.807) is 32.1 Å². The highest BCUT2D eigenvalue weighted by atomic mass is 16.2. The van der Waals surface area contributed by atoms with Gasteiger partial charge in [-0.15, -0.1) is 0 Å². The first-order valence-electron chi connectivity index (χ1n) is 9.90. The maximum atomic E-state index is 13.0. The van der Waals surface area contributed by atoms with Crippen molar-refractivity contribution >= 4 is 16.9 Å². The minimum absolute atomic E-state index is 0.00419. The van der Waals surface area contributed by atoms with Gasteiger partial charge in [-0.3, -0.25) is 13.9 Å². The fraction of sp³-hybridized carbons (Fsp3) is 0.273. The third kappa shape index (κ3) is 3.41. The molecule has 2 heterocycles. The molecule has 0 radical (unpaired) electrons. The molecule has 2 aromatic carbocycles. The van der Waals surface area contributed by atoms with E-state index in [9.17, 15) is 9.59 Å². The summed E-state index contributed by atoms with van der Waals surface area (Å²) in [5.74, 6) is -0.121. The topological polar surface area (TPSA) is 78.0 Å². The van der Waals surface area contributed by atoms with Crippen molar-refractivity contribution < 1.29 is 4.79 Å². The highest BCUT2D eigenvalue weighted by Crippen LogP contribution is 2.21. The first-order valence-corrected chi connectivity index (χ1v) is 9.90. The summed E-state index contributed by atoms with van der Waals surface area (Å²) in [7, 11) is 1.77. The van der Waals surface area contributed by atoms with Crippen molar-refractivity contribution in [2.45, 2.75) is 33.0 Å². The molecule has 30 heavy (non-hydrogen) atoms. The maximum Gasteiger partial charge on any atom is 0.329 e. The van der Waals surface area contributed by atoms with Gasteiger partial charge in [0.2, 0.25) is 5.91 Å². The number of para-hydroxylation sites is 2. The average molecular weight is 404 g/mol. The van der Waals surface area contributed by atoms with E-state index in [4.69, 9.17) is 0 Å². The van der Waals surface area contributed by atoms with Gasteiger partial charge in [0.25, 0.3) is 0 Å². The molecule has 8 nitrogen and oxygen atoms in total. The van der Waals surface area contributed by atoms with Crippen LogP contribution in [-0.4, -0.2) is 41.8 Å². The van der Waals surface area contributed by atoms with Gasteiger partial charge in [-0.2, -0.15) is 5.10 Å². The Morgan fingerprint density at radius 2 is 1.73 bits per heavy atom. The van der Waals surface area contributed by atoms with E-state index in [2.05, 4.69) is 10.1 Å². The summed E-state index contributed by atoms with van der Waals surface area (Å²) in [6.45, 7) is 4.47. The monoisotopic (exact) mass is 404 g/mol. The lowest BCUT2D eigenvalue weighted by atomic mass is 10.1. The van der Waals surface area contributed by atoms with Crippen LogP contribution >= 0.6 is 0 Å². The van der Waals surface area contributed by atoms with Crippen molar-refractivity contribution in [3.05, 3.63) is 77.2 Å². The zero-order valence-corrected chi connectivity index (χ0v) is 17.3. The van der Waals surface area contributed by atoms with Gasteiger partial charge in [-0.05, 0) is 43.7 Å². The van der Waals surface area contributed by atoms with Crippen molar-refractivity contribution in [3.63, 3.8) is 0 Å². The zero-order chi connectivity index (χ0) is 21.3. The summed E-state index contributed by atoms with van der Waals surface area (Å²) < 4.78 is 4.92. The van der Waals surface area contributed by atoms with E-state index in [1.807, 2.05) is 62.4 Å². The van der Waals surface area contributed by atoms with Gasteiger partial charge in [0.1, 0.15) is 19.2 Å². The summed E-state index contributed by atoms with van der Waals surface area (Å²) in [6, 6.07) is 15.3. The number of likely N-dealkylation sites (N-methyl/N-ethyl adjacent to an activating group) is 1. The first kappa shape index (κ1) is 19.6. The Hall–Kier alpha value is -3.68. The summed E-state index contributed by atoms with van der Waals surface area (Å²) in [5.41, 5.74) is 3.35. The third-order valence-corrected chi connectivity index (χ3v) is 5.57. The second-order valence-corrected chi connectivity index (χ2v) is 7.21. The van der Waals surface area contributed by atoms with E-state index >= 15 is 0 Å². The molecule has 0 aliphatic rings. The zero-order valence-electron chi connectivity index (χ0n) is 17.3. The Morgan fingerprint density at radius 1 is 1.07 bits per heavy atom. The van der Waals surface area contributed by atoms with Crippen molar-refractivity contribution in [3.8, 4) is 5.69 Å². The maximum absolute atomic E-state index is 13.0.